The average molecular weight is 814 g/mol. The smallest absolute Gasteiger partial charge is 0.546 e. The summed E-state index contributed by atoms with van der Waals surface area (Å²) in [6.07, 6.45) is 0. The zero-order valence-corrected chi connectivity index (χ0v) is 29.7. The second-order valence-electron chi connectivity index (χ2n) is 8.34. The van der Waals surface area contributed by atoms with Gasteiger partial charge in [0.2, 0.25) is 0 Å². The molecule has 0 spiro atoms. The molecule has 0 saturated heterocycles. The van der Waals surface area contributed by atoms with Crippen molar-refractivity contribution in [2.24, 2.45) is 0 Å². The molecule has 14 nitrogen and oxygen atoms in total. The minimum absolute atomic E-state index is 0. The van der Waals surface area contributed by atoms with Crippen LogP contribution in [-0.2, 0) is 53.3 Å². The minimum Gasteiger partial charge on any atom is -0.546 e. The Labute approximate surface area is 322 Å². The molecule has 0 N–H and O–H groups in total. The predicted octanol–water partition coefficient (Wildman–Crippen LogP) is 0.316. The Morgan fingerprint density at radius 3 is 0.673 bits per heavy atom. The van der Waals surface area contributed by atoms with Crippen molar-refractivity contribution in [1.82, 2.24) is 0 Å². The maximum Gasteiger partial charge on any atom is 2.00 e. The van der Waals surface area contributed by atoms with Crippen molar-refractivity contribution in [3.63, 3.8) is 0 Å². The summed E-state index contributed by atoms with van der Waals surface area (Å²) in [5.41, 5.74) is 0. The van der Waals surface area contributed by atoms with Gasteiger partial charge in [0.25, 0.3) is 0 Å². The first-order chi connectivity index (χ1) is 24.0. The molecule has 282 valence electrons. The van der Waals surface area contributed by atoms with E-state index < -0.39 is 50.3 Å². The van der Waals surface area contributed by atoms with Gasteiger partial charge < -0.3 is 58.6 Å². The number of rotatable bonds is 12. The van der Waals surface area contributed by atoms with E-state index in [4.69, 9.17) is 29.5 Å². The van der Waals surface area contributed by atoms with Gasteiger partial charge in [0.15, 0.2) is 0 Å². The largest absolute Gasteiger partial charge is 2.00 e. The molecule has 0 aliphatic heterocycles. The van der Waals surface area contributed by atoms with Gasteiger partial charge in [0.1, 0.15) is 49.4 Å². The molecule has 16 heteroatoms. The number of aliphatic carboxylic acids is 4. The zero-order valence-electron chi connectivity index (χ0n) is 27.8. The molecule has 2 radical (unpaired) electrons. The molecule has 4 aromatic carbocycles. The fourth-order valence-corrected chi connectivity index (χ4v) is 2.64. The van der Waals surface area contributed by atoms with Gasteiger partial charge in [-0.2, -0.15) is 10.5 Å². The van der Waals surface area contributed by atoms with E-state index in [0.29, 0.717) is 23.0 Å². The van der Waals surface area contributed by atoms with Crippen molar-refractivity contribution in [1.29, 1.82) is 10.5 Å². The van der Waals surface area contributed by atoms with Crippen molar-refractivity contribution in [2.45, 2.75) is 13.8 Å². The van der Waals surface area contributed by atoms with E-state index in [1.54, 1.807) is 109 Å². The second kappa shape index (κ2) is 37.8. The van der Waals surface area contributed by atoms with Crippen LogP contribution in [0.2, 0.25) is 0 Å². The van der Waals surface area contributed by atoms with Crippen LogP contribution in [0.1, 0.15) is 13.8 Å². The number of hydrogen-bond donors (Lipinski definition) is 0. The third kappa shape index (κ3) is 38.4. The first-order valence-corrected chi connectivity index (χ1v) is 14.1. The van der Waals surface area contributed by atoms with Crippen molar-refractivity contribution in [2.75, 3.05) is 26.4 Å². The second-order valence-corrected chi connectivity index (χ2v) is 8.34. The molecular weight excluding hydrogens is 779 g/mol. The Bertz CT molecular complexity index is 1330. The fraction of sp³-hybridized carbons (Fsp3) is 0.167. The Balaban J connectivity index is -0.000000277. The quantitative estimate of drug-likeness (QED) is 0.175. The molecule has 52 heavy (non-hydrogen) atoms. The molecule has 4 aromatic rings. The van der Waals surface area contributed by atoms with E-state index >= 15 is 0 Å². The molecule has 0 unspecified atom stereocenters. The van der Waals surface area contributed by atoms with Gasteiger partial charge in [-0.25, -0.2) is 0 Å². The monoisotopic (exact) mass is 812 g/mol. The van der Waals surface area contributed by atoms with Crippen molar-refractivity contribution >= 4 is 23.9 Å². The Kier molecular flexibility index (Phi) is 38.4. The Hall–Kier alpha value is -6.02. The van der Waals surface area contributed by atoms with Crippen LogP contribution in [0.4, 0.5) is 0 Å². The van der Waals surface area contributed by atoms with Crippen molar-refractivity contribution < 1.29 is 92.7 Å². The van der Waals surface area contributed by atoms with Gasteiger partial charge in [0, 0.05) is 13.8 Å². The number of ether oxygens (including phenoxy) is 4. The van der Waals surface area contributed by atoms with Gasteiger partial charge in [-0.05, 0) is 48.5 Å². The number of benzene rings is 4. The summed E-state index contributed by atoms with van der Waals surface area (Å²) in [4.78, 5) is 39.7. The number of carbonyl (C=O) groups is 4. The van der Waals surface area contributed by atoms with Crippen LogP contribution in [0.15, 0.2) is 121 Å². The maximum absolute atomic E-state index is 9.94. The summed E-state index contributed by atoms with van der Waals surface area (Å²) in [5.74, 6) is -2.70. The maximum atomic E-state index is 9.94. The molecule has 0 heterocycles. The van der Waals surface area contributed by atoms with Gasteiger partial charge in [0.05, 0.1) is 36.0 Å². The van der Waals surface area contributed by atoms with Crippen LogP contribution in [0.25, 0.3) is 0 Å². The summed E-state index contributed by atoms with van der Waals surface area (Å²) in [6, 6.07) is 38.4. The molecule has 0 aromatic heterocycles. The Morgan fingerprint density at radius 1 is 0.423 bits per heavy atom. The van der Waals surface area contributed by atoms with Crippen LogP contribution in [0, 0.1) is 22.7 Å². The first kappa shape index (κ1) is 52.8. The van der Waals surface area contributed by atoms with Crippen LogP contribution >= 0.6 is 0 Å². The van der Waals surface area contributed by atoms with Crippen LogP contribution < -0.4 is 39.4 Å². The standard InChI is InChI=1S/4C8H8O3.2C2H3N.2Cu/c4*9-8(10)6-11-7-4-2-1-3-5-7;2*1-2-3;;/h4*1-5H,6H2,(H,9,10);2*1H3;;/q;;;;;;2*+2/p-4. The van der Waals surface area contributed by atoms with E-state index in [-0.39, 0.29) is 34.1 Å². The molecule has 0 saturated carbocycles. The van der Waals surface area contributed by atoms with E-state index in [1.165, 1.54) is 13.8 Å². The zero-order chi connectivity index (χ0) is 37.8. The predicted molar refractivity (Wildman–Crippen MR) is 170 cm³/mol. The molecule has 0 atom stereocenters. The number of carboxylic acids is 4. The number of nitriles is 2. The summed E-state index contributed by atoms with van der Waals surface area (Å²) in [5, 5.41) is 54.4. The minimum atomic E-state index is -1.21. The number of para-hydroxylation sites is 4. The van der Waals surface area contributed by atoms with Gasteiger partial charge in [-0.3, -0.25) is 0 Å². The SMILES string of the molecule is CC#N.CC#N.O=C([O-])COc1ccccc1.O=C([O-])COc1ccccc1.O=C([O-])COc1ccccc1.O=C([O-])COc1ccccc1.[Cu+2].[Cu+2]. The van der Waals surface area contributed by atoms with Crippen LogP contribution in [-0.4, -0.2) is 50.3 Å². The van der Waals surface area contributed by atoms with E-state index in [2.05, 4.69) is 0 Å². The van der Waals surface area contributed by atoms with Gasteiger partial charge >= 0.3 is 34.1 Å². The van der Waals surface area contributed by atoms with Crippen molar-refractivity contribution in [3.05, 3.63) is 121 Å². The number of carboxylic acid groups (broad SMARTS) is 4. The molecule has 0 bridgehead atoms. The third-order valence-corrected chi connectivity index (χ3v) is 4.40. The third-order valence-electron chi connectivity index (χ3n) is 4.40. The molecule has 0 aliphatic carbocycles. The molecule has 0 amide bonds. The average Bonchev–Trinajstić information content (AvgIpc) is 3.11. The molecular formula is C36H34Cu2N2O12. The first-order valence-electron chi connectivity index (χ1n) is 14.1. The molecule has 4 rings (SSSR count). The number of carbonyl (C=O) groups excluding carboxylic acids is 4. The van der Waals surface area contributed by atoms with E-state index in [0.717, 1.165) is 0 Å². The van der Waals surface area contributed by atoms with Crippen LogP contribution in [0.3, 0.4) is 0 Å². The van der Waals surface area contributed by atoms with E-state index in [1.807, 2.05) is 24.3 Å². The summed E-state index contributed by atoms with van der Waals surface area (Å²) < 4.78 is 19.2. The van der Waals surface area contributed by atoms with Gasteiger partial charge in [-0.1, -0.05) is 72.8 Å². The van der Waals surface area contributed by atoms with Crippen molar-refractivity contribution in [3.8, 4) is 35.1 Å². The molecule has 0 fully saturated rings. The van der Waals surface area contributed by atoms with E-state index in [9.17, 15) is 39.6 Å². The number of hydrogen-bond acceptors (Lipinski definition) is 14. The summed E-state index contributed by atoms with van der Waals surface area (Å²) >= 11 is 0. The van der Waals surface area contributed by atoms with Crippen LogP contribution in [0.5, 0.6) is 23.0 Å². The molecule has 0 aliphatic rings. The Morgan fingerprint density at radius 2 is 0.558 bits per heavy atom. The summed E-state index contributed by atoms with van der Waals surface area (Å²) in [7, 11) is 0. The van der Waals surface area contributed by atoms with Gasteiger partial charge in [-0.15, -0.1) is 0 Å². The number of nitrogens with zero attached hydrogens (tertiary/aromatic N) is 2. The normalized spacial score (nSPS) is 8.00. The fourth-order valence-electron chi connectivity index (χ4n) is 2.64. The summed E-state index contributed by atoms with van der Waals surface area (Å²) in [6.45, 7) is 1.27. The topological polar surface area (TPSA) is 245 Å².